The number of esters is 1. The maximum atomic E-state index is 13.2. The van der Waals surface area contributed by atoms with Crippen LogP contribution >= 0.6 is 0 Å². The second-order valence-electron chi connectivity index (χ2n) is 7.83. The smallest absolute Gasteiger partial charge is 0.416 e. The van der Waals surface area contributed by atoms with Crippen molar-refractivity contribution in [2.45, 2.75) is 6.18 Å². The highest BCUT2D eigenvalue weighted by Crippen LogP contribution is 2.37. The van der Waals surface area contributed by atoms with E-state index in [1.54, 1.807) is 24.3 Å². The highest BCUT2D eigenvalue weighted by molar-refractivity contribution is 6.22. The van der Waals surface area contributed by atoms with E-state index in [9.17, 15) is 27.6 Å². The molecule has 180 valence electrons. The van der Waals surface area contributed by atoms with Crippen LogP contribution in [0.3, 0.4) is 0 Å². The van der Waals surface area contributed by atoms with Crippen molar-refractivity contribution in [2.75, 3.05) is 11.9 Å². The van der Waals surface area contributed by atoms with Crippen LogP contribution in [0.2, 0.25) is 0 Å². The topological polar surface area (TPSA) is 103 Å². The van der Waals surface area contributed by atoms with E-state index in [2.05, 4.69) is 15.4 Å². The summed E-state index contributed by atoms with van der Waals surface area (Å²) >= 11 is 0. The van der Waals surface area contributed by atoms with Gasteiger partial charge < -0.3 is 10.1 Å². The van der Waals surface area contributed by atoms with Gasteiger partial charge in [-0.3, -0.25) is 9.59 Å². The summed E-state index contributed by atoms with van der Waals surface area (Å²) in [7, 11) is 0. The lowest BCUT2D eigenvalue weighted by Gasteiger charge is -2.14. The van der Waals surface area contributed by atoms with Crippen molar-refractivity contribution in [3.05, 3.63) is 95.6 Å². The predicted molar refractivity (Wildman–Crippen MR) is 121 cm³/mol. The lowest BCUT2D eigenvalue weighted by Crippen LogP contribution is -2.22. The Kier molecular flexibility index (Phi) is 5.59. The molecule has 1 amide bonds. The molecular formula is C25H15F3N4O4. The molecule has 0 fully saturated rings. The molecule has 0 saturated heterocycles. The Labute approximate surface area is 201 Å². The Morgan fingerprint density at radius 3 is 2.42 bits per heavy atom. The molecule has 0 unspecified atom stereocenters. The van der Waals surface area contributed by atoms with E-state index < -0.39 is 30.2 Å². The Morgan fingerprint density at radius 2 is 1.69 bits per heavy atom. The minimum absolute atomic E-state index is 0.0603. The zero-order valence-corrected chi connectivity index (χ0v) is 18.2. The fraction of sp³-hybridized carbons (Fsp3) is 0.0800. The van der Waals surface area contributed by atoms with Crippen LogP contribution in [0.15, 0.2) is 73.3 Å². The minimum atomic E-state index is -4.64. The average molecular weight is 492 g/mol. The van der Waals surface area contributed by atoms with Gasteiger partial charge in [-0.05, 0) is 41.5 Å². The number of halogens is 3. The molecule has 8 nitrogen and oxygen atoms in total. The molecule has 36 heavy (non-hydrogen) atoms. The third-order valence-corrected chi connectivity index (χ3v) is 5.56. The quantitative estimate of drug-likeness (QED) is 0.367. The number of ether oxygens (including phenoxy) is 1. The number of carbonyl (C=O) groups excluding carboxylic acids is 3. The molecule has 1 N–H and O–H groups in total. The highest BCUT2D eigenvalue weighted by Gasteiger charge is 2.32. The van der Waals surface area contributed by atoms with Crippen LogP contribution in [0.25, 0.3) is 16.8 Å². The van der Waals surface area contributed by atoms with Gasteiger partial charge in [-0.25, -0.2) is 14.5 Å². The van der Waals surface area contributed by atoms with Crippen LogP contribution in [-0.4, -0.2) is 39.0 Å². The Hall–Kier alpha value is -4.80. The lowest BCUT2D eigenvalue weighted by atomic mass is 10.0. The van der Waals surface area contributed by atoms with E-state index >= 15 is 0 Å². The number of ketones is 1. The Morgan fingerprint density at radius 1 is 0.944 bits per heavy atom. The fourth-order valence-corrected chi connectivity index (χ4v) is 3.90. The van der Waals surface area contributed by atoms with Gasteiger partial charge in [-0.15, -0.1) is 0 Å². The summed E-state index contributed by atoms with van der Waals surface area (Å²) < 4.78 is 45.8. The van der Waals surface area contributed by atoms with Gasteiger partial charge in [-0.1, -0.05) is 30.3 Å². The molecule has 3 aromatic carbocycles. The van der Waals surface area contributed by atoms with E-state index in [1.807, 2.05) is 6.07 Å². The first-order chi connectivity index (χ1) is 17.2. The second-order valence-corrected chi connectivity index (χ2v) is 7.83. The van der Waals surface area contributed by atoms with E-state index in [0.29, 0.717) is 16.7 Å². The number of nitrogens with one attached hydrogen (secondary N) is 1. The monoisotopic (exact) mass is 492 g/mol. The van der Waals surface area contributed by atoms with Crippen LogP contribution < -0.4 is 5.32 Å². The Bertz CT molecular complexity index is 1510. The number of fused-ring (bicyclic) bond motifs is 3. The van der Waals surface area contributed by atoms with Gasteiger partial charge in [0.25, 0.3) is 5.91 Å². The summed E-state index contributed by atoms with van der Waals surface area (Å²) in [5.74, 6) is -1.95. The first kappa shape index (κ1) is 23.0. The molecule has 0 aliphatic heterocycles. The van der Waals surface area contributed by atoms with E-state index in [4.69, 9.17) is 4.74 Å². The van der Waals surface area contributed by atoms with E-state index in [-0.39, 0.29) is 22.7 Å². The zero-order chi connectivity index (χ0) is 25.4. The zero-order valence-electron chi connectivity index (χ0n) is 18.2. The summed E-state index contributed by atoms with van der Waals surface area (Å²) in [4.78, 5) is 41.4. The van der Waals surface area contributed by atoms with Crippen LogP contribution in [0, 0.1) is 0 Å². The average Bonchev–Trinajstić information content (AvgIpc) is 3.49. The van der Waals surface area contributed by atoms with Crippen molar-refractivity contribution in [2.24, 2.45) is 0 Å². The van der Waals surface area contributed by atoms with Crippen molar-refractivity contribution >= 4 is 23.3 Å². The number of carbonyl (C=O) groups is 3. The molecule has 0 radical (unpaired) electrons. The van der Waals surface area contributed by atoms with E-state index in [1.165, 1.54) is 29.5 Å². The van der Waals surface area contributed by atoms with Crippen molar-refractivity contribution in [1.29, 1.82) is 0 Å². The van der Waals surface area contributed by atoms with Gasteiger partial charge in [0.2, 0.25) is 0 Å². The lowest BCUT2D eigenvalue weighted by molar-refractivity contribution is -0.137. The fourth-order valence-electron chi connectivity index (χ4n) is 3.90. The summed E-state index contributed by atoms with van der Waals surface area (Å²) in [6, 6.07) is 14.3. The minimum Gasteiger partial charge on any atom is -0.452 e. The first-order valence-electron chi connectivity index (χ1n) is 10.5. The van der Waals surface area contributed by atoms with Gasteiger partial charge in [-0.2, -0.15) is 18.3 Å². The molecular weight excluding hydrogens is 477 g/mol. The highest BCUT2D eigenvalue weighted by atomic mass is 19.4. The standard InChI is InChI=1S/C25H15F3N4O4/c26-25(27,28)15-6-8-21(32-13-29-12-30-32)20(10-15)31-22(33)11-36-24(35)14-5-7-17-16-3-1-2-4-18(16)23(34)19(17)9-14/h1-10,12-13H,11H2,(H,31,33). The molecule has 5 rings (SSSR count). The van der Waals surface area contributed by atoms with Gasteiger partial charge in [0.1, 0.15) is 12.7 Å². The summed E-state index contributed by atoms with van der Waals surface area (Å²) in [5.41, 5.74) is 1.34. The molecule has 11 heteroatoms. The largest absolute Gasteiger partial charge is 0.452 e. The Balaban J connectivity index is 1.30. The SMILES string of the molecule is O=C(COC(=O)c1ccc2c(c1)C(=O)c1ccccc1-2)Nc1cc(C(F)(F)F)ccc1-n1cncn1. The maximum Gasteiger partial charge on any atom is 0.416 e. The van der Waals surface area contributed by atoms with Crippen LogP contribution in [0.5, 0.6) is 0 Å². The van der Waals surface area contributed by atoms with E-state index in [0.717, 1.165) is 23.8 Å². The molecule has 1 aliphatic rings. The molecule has 0 spiro atoms. The van der Waals surface area contributed by atoms with Gasteiger partial charge in [0.15, 0.2) is 12.4 Å². The van der Waals surface area contributed by atoms with Gasteiger partial charge >= 0.3 is 12.1 Å². The number of rotatable bonds is 5. The third kappa shape index (κ3) is 4.22. The summed E-state index contributed by atoms with van der Waals surface area (Å²) in [6.07, 6.45) is -2.20. The van der Waals surface area contributed by atoms with Gasteiger partial charge in [0.05, 0.1) is 22.5 Å². The molecule has 1 aliphatic carbocycles. The number of anilines is 1. The predicted octanol–water partition coefficient (Wildman–Crippen LogP) is 4.29. The van der Waals surface area contributed by atoms with Crippen molar-refractivity contribution in [1.82, 2.24) is 14.8 Å². The normalized spacial score (nSPS) is 12.1. The molecule has 0 bridgehead atoms. The summed E-state index contributed by atoms with van der Waals surface area (Å²) in [5, 5.41) is 6.19. The molecule has 1 aromatic heterocycles. The molecule has 0 atom stereocenters. The van der Waals surface area contributed by atoms with Crippen molar-refractivity contribution < 1.29 is 32.3 Å². The van der Waals surface area contributed by atoms with Crippen molar-refractivity contribution in [3.8, 4) is 16.8 Å². The maximum absolute atomic E-state index is 13.2. The first-order valence-corrected chi connectivity index (χ1v) is 10.5. The number of nitrogens with zero attached hydrogens (tertiary/aromatic N) is 3. The number of benzene rings is 3. The molecule has 4 aromatic rings. The summed E-state index contributed by atoms with van der Waals surface area (Å²) in [6.45, 7) is -0.767. The van der Waals surface area contributed by atoms with Gasteiger partial charge in [0, 0.05) is 11.1 Å². The van der Waals surface area contributed by atoms with Crippen LogP contribution in [-0.2, 0) is 15.7 Å². The van der Waals surface area contributed by atoms with Crippen LogP contribution in [0.4, 0.5) is 18.9 Å². The number of alkyl halides is 3. The van der Waals surface area contributed by atoms with Crippen LogP contribution in [0.1, 0.15) is 31.8 Å². The molecule has 1 heterocycles. The number of amides is 1. The number of hydrogen-bond donors (Lipinski definition) is 1. The van der Waals surface area contributed by atoms with Crippen molar-refractivity contribution in [3.63, 3.8) is 0 Å². The number of aromatic nitrogens is 3. The second kappa shape index (κ2) is 8.77. The third-order valence-electron chi connectivity index (χ3n) is 5.56. The molecule has 0 saturated carbocycles. The number of hydrogen-bond acceptors (Lipinski definition) is 6.